The monoisotopic (exact) mass is 559 g/mol. The largest absolute Gasteiger partial charge is 0.382 e. The number of ether oxygens (including phenoxy) is 1. The van der Waals surface area contributed by atoms with E-state index in [9.17, 15) is 9.18 Å². The number of hydrogen-bond acceptors (Lipinski definition) is 6. The Morgan fingerprint density at radius 2 is 2.00 bits per heavy atom. The molecule has 0 aliphatic carbocycles. The third kappa shape index (κ3) is 6.24. The van der Waals surface area contributed by atoms with Crippen LogP contribution in [0.3, 0.4) is 0 Å². The lowest BCUT2D eigenvalue weighted by Gasteiger charge is -2.22. The SMILES string of the molecule is CCNC[C@@H](NC(=O)c1ccc(-c2nc(C3CCOCC3)cnc2N)cc1F)c1cc(F)cc(Br)c1. The number of nitrogens with zero attached hydrogens (tertiary/aromatic N) is 2. The van der Waals surface area contributed by atoms with Crippen LogP contribution >= 0.6 is 15.9 Å². The van der Waals surface area contributed by atoms with Gasteiger partial charge in [0.1, 0.15) is 23.1 Å². The van der Waals surface area contributed by atoms with E-state index in [-0.39, 0.29) is 17.3 Å². The molecule has 1 aliphatic heterocycles. The first-order valence-electron chi connectivity index (χ1n) is 11.8. The Balaban J connectivity index is 1.57. The Morgan fingerprint density at radius 1 is 1.22 bits per heavy atom. The minimum Gasteiger partial charge on any atom is -0.382 e. The summed E-state index contributed by atoms with van der Waals surface area (Å²) >= 11 is 3.28. The van der Waals surface area contributed by atoms with Gasteiger partial charge in [0, 0.05) is 35.7 Å². The molecule has 3 aromatic rings. The fourth-order valence-electron chi connectivity index (χ4n) is 4.21. The molecule has 1 fully saturated rings. The second kappa shape index (κ2) is 11.9. The molecule has 2 heterocycles. The van der Waals surface area contributed by atoms with Crippen molar-refractivity contribution in [3.8, 4) is 11.3 Å². The van der Waals surface area contributed by atoms with Crippen molar-refractivity contribution in [1.82, 2.24) is 20.6 Å². The molecule has 4 rings (SSSR count). The highest BCUT2D eigenvalue weighted by atomic mass is 79.9. The normalized spacial score (nSPS) is 15.0. The molecule has 190 valence electrons. The molecule has 0 bridgehead atoms. The number of amides is 1. The van der Waals surface area contributed by atoms with Gasteiger partial charge >= 0.3 is 0 Å². The number of benzene rings is 2. The second-order valence-electron chi connectivity index (χ2n) is 8.65. The summed E-state index contributed by atoms with van der Waals surface area (Å²) in [4.78, 5) is 21.9. The van der Waals surface area contributed by atoms with Crippen LogP contribution in [0.4, 0.5) is 14.6 Å². The fraction of sp³-hybridized carbons (Fsp3) is 0.346. The number of nitrogens with two attached hydrogens (primary N) is 1. The maximum absolute atomic E-state index is 15.2. The van der Waals surface area contributed by atoms with Gasteiger partial charge in [-0.1, -0.05) is 28.9 Å². The number of likely N-dealkylation sites (N-methyl/N-ethyl adjacent to an activating group) is 1. The van der Waals surface area contributed by atoms with Crippen molar-refractivity contribution in [2.24, 2.45) is 0 Å². The van der Waals surface area contributed by atoms with Crippen LogP contribution in [0.5, 0.6) is 0 Å². The maximum Gasteiger partial charge on any atom is 0.254 e. The Kier molecular flexibility index (Phi) is 8.60. The molecule has 0 saturated carbocycles. The number of carbonyl (C=O) groups is 1. The van der Waals surface area contributed by atoms with Gasteiger partial charge in [0.15, 0.2) is 0 Å². The van der Waals surface area contributed by atoms with Crippen molar-refractivity contribution >= 4 is 27.7 Å². The van der Waals surface area contributed by atoms with Crippen LogP contribution in [0.25, 0.3) is 11.3 Å². The van der Waals surface area contributed by atoms with E-state index in [0.29, 0.717) is 47.6 Å². The summed E-state index contributed by atoms with van der Waals surface area (Å²) in [5, 5.41) is 5.95. The van der Waals surface area contributed by atoms with Crippen LogP contribution in [0.15, 0.2) is 47.1 Å². The third-order valence-corrected chi connectivity index (χ3v) is 6.60. The lowest BCUT2D eigenvalue weighted by Crippen LogP contribution is -2.36. The summed E-state index contributed by atoms with van der Waals surface area (Å²) in [5.41, 5.74) is 8.07. The highest BCUT2D eigenvalue weighted by molar-refractivity contribution is 9.10. The topological polar surface area (TPSA) is 102 Å². The quantitative estimate of drug-likeness (QED) is 0.368. The standard InChI is InChI=1S/C26H28BrF2N5O2/c1-2-31-13-22(17-9-18(27)12-19(28)10-17)34-26(35)20-4-3-16(11-21(20)29)24-25(30)32-14-23(33-24)15-5-7-36-8-6-15/h3-4,9-12,14-15,22,31H,2,5-8,13H2,1H3,(H2,30,32)(H,34,35)/t22-/m1/s1. The summed E-state index contributed by atoms with van der Waals surface area (Å²) in [6.45, 7) is 4.24. The van der Waals surface area contributed by atoms with E-state index in [0.717, 1.165) is 18.5 Å². The van der Waals surface area contributed by atoms with Crippen molar-refractivity contribution in [3.05, 3.63) is 75.5 Å². The van der Waals surface area contributed by atoms with Crippen molar-refractivity contribution in [2.75, 3.05) is 32.0 Å². The Hall–Kier alpha value is -2.95. The van der Waals surface area contributed by atoms with Crippen LogP contribution < -0.4 is 16.4 Å². The molecule has 4 N–H and O–H groups in total. The van der Waals surface area contributed by atoms with Crippen LogP contribution in [0, 0.1) is 11.6 Å². The number of rotatable bonds is 8. The molecular weight excluding hydrogens is 532 g/mol. The highest BCUT2D eigenvalue weighted by Crippen LogP contribution is 2.30. The first-order chi connectivity index (χ1) is 17.4. The minimum absolute atomic E-state index is 0.136. The van der Waals surface area contributed by atoms with E-state index in [1.807, 2.05) is 6.92 Å². The lowest BCUT2D eigenvalue weighted by atomic mass is 9.96. The molecule has 0 spiro atoms. The molecule has 10 heteroatoms. The van der Waals surface area contributed by atoms with Gasteiger partial charge in [-0.15, -0.1) is 0 Å². The summed E-state index contributed by atoms with van der Waals surface area (Å²) in [5.74, 6) is -1.38. The van der Waals surface area contributed by atoms with Gasteiger partial charge in [-0.3, -0.25) is 4.79 Å². The number of anilines is 1. The van der Waals surface area contributed by atoms with E-state index < -0.39 is 23.6 Å². The smallest absolute Gasteiger partial charge is 0.254 e. The molecule has 7 nitrogen and oxygen atoms in total. The van der Waals surface area contributed by atoms with Crippen LogP contribution in [-0.2, 0) is 4.74 Å². The van der Waals surface area contributed by atoms with Gasteiger partial charge in [0.05, 0.1) is 23.5 Å². The molecule has 1 amide bonds. The number of nitrogens with one attached hydrogen (secondary N) is 2. The van der Waals surface area contributed by atoms with Gasteiger partial charge in [-0.25, -0.2) is 18.7 Å². The Bertz CT molecular complexity index is 1220. The van der Waals surface area contributed by atoms with Gasteiger partial charge in [-0.2, -0.15) is 0 Å². The van der Waals surface area contributed by atoms with E-state index >= 15 is 4.39 Å². The number of hydrogen-bond donors (Lipinski definition) is 3. The van der Waals surface area contributed by atoms with Crippen molar-refractivity contribution in [1.29, 1.82) is 0 Å². The van der Waals surface area contributed by atoms with Crippen LogP contribution in [0.1, 0.15) is 53.3 Å². The van der Waals surface area contributed by atoms with Crippen molar-refractivity contribution in [2.45, 2.75) is 31.7 Å². The summed E-state index contributed by atoms with van der Waals surface area (Å²) < 4.78 is 35.1. The van der Waals surface area contributed by atoms with E-state index in [2.05, 4.69) is 36.5 Å². The van der Waals surface area contributed by atoms with Crippen LogP contribution in [-0.4, -0.2) is 42.2 Å². The summed E-state index contributed by atoms with van der Waals surface area (Å²) in [6.07, 6.45) is 3.32. The molecule has 2 aromatic carbocycles. The van der Waals surface area contributed by atoms with E-state index in [1.54, 1.807) is 18.3 Å². The molecule has 0 radical (unpaired) electrons. The molecule has 1 atom stereocenters. The van der Waals surface area contributed by atoms with Crippen molar-refractivity contribution < 1.29 is 18.3 Å². The molecule has 0 unspecified atom stereocenters. The van der Waals surface area contributed by atoms with Gasteiger partial charge in [-0.05, 0) is 55.3 Å². The second-order valence-corrected chi connectivity index (χ2v) is 9.56. The van der Waals surface area contributed by atoms with E-state index in [1.165, 1.54) is 24.3 Å². The van der Waals surface area contributed by atoms with E-state index in [4.69, 9.17) is 10.5 Å². The predicted molar refractivity (Wildman–Crippen MR) is 137 cm³/mol. The number of nitrogen functional groups attached to an aromatic ring is 1. The maximum atomic E-state index is 15.2. The first-order valence-corrected chi connectivity index (χ1v) is 12.6. The number of aromatic nitrogens is 2. The zero-order chi connectivity index (χ0) is 25.7. The van der Waals surface area contributed by atoms with Crippen LogP contribution in [0.2, 0.25) is 0 Å². The van der Waals surface area contributed by atoms with Gasteiger partial charge in [0.2, 0.25) is 0 Å². The molecule has 1 aromatic heterocycles. The number of carbonyl (C=O) groups excluding carboxylic acids is 1. The zero-order valence-corrected chi connectivity index (χ0v) is 21.4. The first kappa shape index (κ1) is 26.1. The summed E-state index contributed by atoms with van der Waals surface area (Å²) in [7, 11) is 0. The molecule has 1 aliphatic rings. The third-order valence-electron chi connectivity index (χ3n) is 6.14. The average molecular weight is 560 g/mol. The Labute approximate surface area is 217 Å². The minimum atomic E-state index is -0.717. The van der Waals surface area contributed by atoms with Gasteiger partial charge < -0.3 is 21.1 Å². The number of halogens is 3. The summed E-state index contributed by atoms with van der Waals surface area (Å²) in [6, 6.07) is 8.07. The highest BCUT2D eigenvalue weighted by Gasteiger charge is 2.22. The fourth-order valence-corrected chi connectivity index (χ4v) is 4.70. The zero-order valence-electron chi connectivity index (χ0n) is 19.9. The molecular formula is C26H28BrF2N5O2. The Morgan fingerprint density at radius 3 is 2.69 bits per heavy atom. The predicted octanol–water partition coefficient (Wildman–Crippen LogP) is 4.74. The molecule has 1 saturated heterocycles. The lowest BCUT2D eigenvalue weighted by molar-refractivity contribution is 0.0844. The average Bonchev–Trinajstić information content (AvgIpc) is 2.86. The molecule has 36 heavy (non-hydrogen) atoms. The van der Waals surface area contributed by atoms with Crippen molar-refractivity contribution in [3.63, 3.8) is 0 Å². The van der Waals surface area contributed by atoms with Gasteiger partial charge in [0.25, 0.3) is 5.91 Å².